The smallest absolute Gasteiger partial charge is 0.128 e. The molecular weight excluding hydrogens is 302 g/mol. The number of rotatable bonds is 5. The van der Waals surface area contributed by atoms with E-state index in [0.717, 1.165) is 16.6 Å². The van der Waals surface area contributed by atoms with Crippen LogP contribution in [0.25, 0.3) is 0 Å². The first-order valence-electron chi connectivity index (χ1n) is 6.44. The Bertz CT molecular complexity index is 515. The molecule has 100 valence electrons. The molecular formula is C16H19BrNO+. The van der Waals surface area contributed by atoms with E-state index in [1.807, 2.05) is 42.5 Å². The largest absolute Gasteiger partial charge is 0.382 e. The highest BCUT2D eigenvalue weighted by Crippen LogP contribution is 2.15. The lowest BCUT2D eigenvalue weighted by molar-refractivity contribution is -0.897. The van der Waals surface area contributed by atoms with E-state index in [1.165, 1.54) is 10.5 Å². The molecule has 0 aromatic heterocycles. The van der Waals surface area contributed by atoms with Crippen LogP contribution in [-0.2, 0) is 6.54 Å². The third-order valence-electron chi connectivity index (χ3n) is 3.18. The van der Waals surface area contributed by atoms with E-state index in [0.29, 0.717) is 6.54 Å². The van der Waals surface area contributed by atoms with E-state index >= 15 is 0 Å². The van der Waals surface area contributed by atoms with Gasteiger partial charge in [-0.15, -0.1) is 0 Å². The van der Waals surface area contributed by atoms with E-state index in [9.17, 15) is 5.11 Å². The molecule has 0 saturated heterocycles. The summed E-state index contributed by atoms with van der Waals surface area (Å²) < 4.78 is 1.13. The Morgan fingerprint density at radius 1 is 1.05 bits per heavy atom. The number of hydrogen-bond donors (Lipinski definition) is 2. The molecule has 0 saturated carbocycles. The van der Waals surface area contributed by atoms with Crippen LogP contribution in [0.1, 0.15) is 17.2 Å². The number of aliphatic hydroxyl groups is 1. The lowest BCUT2D eigenvalue weighted by atomic mass is 10.1. The molecule has 2 atom stereocenters. The fraction of sp³-hybridized carbons (Fsp3) is 0.250. The first-order chi connectivity index (χ1) is 9.16. The minimum absolute atomic E-state index is 0.413. The van der Waals surface area contributed by atoms with Crippen molar-refractivity contribution in [2.45, 2.75) is 12.6 Å². The van der Waals surface area contributed by atoms with Gasteiger partial charge in [-0.25, -0.2) is 0 Å². The Balaban J connectivity index is 1.95. The number of halogens is 1. The lowest BCUT2D eigenvalue weighted by Gasteiger charge is -2.18. The van der Waals surface area contributed by atoms with Crippen molar-refractivity contribution < 1.29 is 10.0 Å². The molecule has 2 N–H and O–H groups in total. The monoisotopic (exact) mass is 320 g/mol. The summed E-state index contributed by atoms with van der Waals surface area (Å²) in [6, 6.07) is 18.0. The maximum absolute atomic E-state index is 10.2. The highest BCUT2D eigenvalue weighted by Gasteiger charge is 2.14. The van der Waals surface area contributed by atoms with Gasteiger partial charge in [0.25, 0.3) is 0 Å². The molecule has 0 aliphatic rings. The summed E-state index contributed by atoms with van der Waals surface area (Å²) in [6.07, 6.45) is -0.413. The van der Waals surface area contributed by atoms with Gasteiger partial charge in [0.1, 0.15) is 19.2 Å². The summed E-state index contributed by atoms with van der Waals surface area (Å²) in [4.78, 5) is 1.28. The second-order valence-electron chi connectivity index (χ2n) is 4.86. The van der Waals surface area contributed by atoms with Crippen LogP contribution in [-0.4, -0.2) is 18.7 Å². The number of hydrogen-bond acceptors (Lipinski definition) is 1. The Labute approximate surface area is 122 Å². The van der Waals surface area contributed by atoms with Gasteiger partial charge in [0.05, 0.1) is 7.05 Å². The number of likely N-dealkylation sites (N-methyl/N-ethyl adjacent to an activating group) is 1. The van der Waals surface area contributed by atoms with Crippen molar-refractivity contribution in [3.8, 4) is 0 Å². The van der Waals surface area contributed by atoms with Gasteiger partial charge in [-0.3, -0.25) is 0 Å². The van der Waals surface area contributed by atoms with Crippen molar-refractivity contribution >= 4 is 15.9 Å². The molecule has 2 nitrogen and oxygen atoms in total. The summed E-state index contributed by atoms with van der Waals surface area (Å²) in [7, 11) is 2.10. The number of nitrogens with one attached hydrogen (secondary N) is 1. The molecule has 1 unspecified atom stereocenters. The van der Waals surface area contributed by atoms with Gasteiger partial charge in [0.15, 0.2) is 0 Å². The van der Waals surface area contributed by atoms with Gasteiger partial charge in [0, 0.05) is 10.0 Å². The third-order valence-corrected chi connectivity index (χ3v) is 3.95. The molecule has 0 heterocycles. The number of quaternary nitrogens is 1. The SMILES string of the molecule is C[NH+](Cc1ccccc1Br)C[C@@H](O)c1ccccc1. The Morgan fingerprint density at radius 3 is 2.37 bits per heavy atom. The van der Waals surface area contributed by atoms with Gasteiger partial charge in [-0.2, -0.15) is 0 Å². The molecule has 3 heteroatoms. The zero-order valence-corrected chi connectivity index (χ0v) is 12.6. The molecule has 2 aromatic carbocycles. The van der Waals surface area contributed by atoms with Crippen LogP contribution in [0.3, 0.4) is 0 Å². The Kier molecular flexibility index (Phi) is 5.14. The van der Waals surface area contributed by atoms with Crippen LogP contribution in [0.15, 0.2) is 59.1 Å². The first-order valence-corrected chi connectivity index (χ1v) is 7.24. The van der Waals surface area contributed by atoms with Crippen molar-refractivity contribution in [3.05, 3.63) is 70.2 Å². The topological polar surface area (TPSA) is 24.7 Å². The van der Waals surface area contributed by atoms with Gasteiger partial charge in [-0.05, 0) is 11.6 Å². The second kappa shape index (κ2) is 6.85. The van der Waals surface area contributed by atoms with E-state index < -0.39 is 6.10 Å². The summed E-state index contributed by atoms with van der Waals surface area (Å²) in [5.41, 5.74) is 2.24. The average molecular weight is 321 g/mol. The summed E-state index contributed by atoms with van der Waals surface area (Å²) >= 11 is 3.56. The third kappa shape index (κ3) is 4.16. The molecule has 0 aliphatic heterocycles. The molecule has 0 amide bonds. The minimum atomic E-state index is -0.413. The maximum Gasteiger partial charge on any atom is 0.128 e. The highest BCUT2D eigenvalue weighted by atomic mass is 79.9. The summed E-state index contributed by atoms with van der Waals surface area (Å²) in [6.45, 7) is 1.59. The van der Waals surface area contributed by atoms with Crippen LogP contribution in [0.2, 0.25) is 0 Å². The van der Waals surface area contributed by atoms with Crippen LogP contribution in [0.5, 0.6) is 0 Å². The molecule has 2 aromatic rings. The van der Waals surface area contributed by atoms with Gasteiger partial charge in [0.2, 0.25) is 0 Å². The highest BCUT2D eigenvalue weighted by molar-refractivity contribution is 9.10. The molecule has 2 rings (SSSR count). The molecule has 0 radical (unpaired) electrons. The van der Waals surface area contributed by atoms with Gasteiger partial charge in [-0.1, -0.05) is 64.5 Å². The van der Waals surface area contributed by atoms with E-state index in [2.05, 4.69) is 35.1 Å². The van der Waals surface area contributed by atoms with E-state index in [-0.39, 0.29) is 0 Å². The van der Waals surface area contributed by atoms with Gasteiger partial charge >= 0.3 is 0 Å². The van der Waals surface area contributed by atoms with E-state index in [4.69, 9.17) is 0 Å². The van der Waals surface area contributed by atoms with Crippen molar-refractivity contribution in [1.82, 2.24) is 0 Å². The Morgan fingerprint density at radius 2 is 1.68 bits per heavy atom. The molecule has 19 heavy (non-hydrogen) atoms. The van der Waals surface area contributed by atoms with Crippen molar-refractivity contribution in [3.63, 3.8) is 0 Å². The van der Waals surface area contributed by atoms with Crippen LogP contribution < -0.4 is 4.90 Å². The first kappa shape index (κ1) is 14.3. The fourth-order valence-corrected chi connectivity index (χ4v) is 2.59. The average Bonchev–Trinajstić information content (AvgIpc) is 2.42. The molecule has 0 spiro atoms. The van der Waals surface area contributed by atoms with E-state index in [1.54, 1.807) is 0 Å². The van der Waals surface area contributed by atoms with Crippen LogP contribution in [0.4, 0.5) is 0 Å². The number of benzene rings is 2. The Hall–Kier alpha value is -1.16. The van der Waals surface area contributed by atoms with Gasteiger partial charge < -0.3 is 10.0 Å². The van der Waals surface area contributed by atoms with Crippen molar-refractivity contribution in [2.24, 2.45) is 0 Å². The van der Waals surface area contributed by atoms with Crippen molar-refractivity contribution in [2.75, 3.05) is 13.6 Å². The summed E-state index contributed by atoms with van der Waals surface area (Å²) in [5.74, 6) is 0. The maximum atomic E-state index is 10.2. The normalized spacial score (nSPS) is 14.1. The summed E-state index contributed by atoms with van der Waals surface area (Å²) in [5, 5.41) is 10.2. The quantitative estimate of drug-likeness (QED) is 0.867. The molecule has 0 aliphatic carbocycles. The molecule has 0 fully saturated rings. The zero-order chi connectivity index (χ0) is 13.7. The number of aliphatic hydroxyl groups excluding tert-OH is 1. The van der Waals surface area contributed by atoms with Crippen molar-refractivity contribution in [1.29, 1.82) is 0 Å². The predicted octanol–water partition coefficient (Wildman–Crippen LogP) is 2.20. The molecule has 0 bridgehead atoms. The van der Waals surface area contributed by atoms with Crippen LogP contribution >= 0.6 is 15.9 Å². The standard InChI is InChI=1S/C16H18BrNO/c1-18(11-14-9-5-6-10-15(14)17)12-16(19)13-7-3-2-4-8-13/h2-10,16,19H,11-12H2,1H3/p+1/t16-/m1/s1. The minimum Gasteiger partial charge on any atom is -0.382 e. The lowest BCUT2D eigenvalue weighted by Crippen LogP contribution is -3.08. The predicted molar refractivity (Wildman–Crippen MR) is 81.0 cm³/mol. The zero-order valence-electron chi connectivity index (χ0n) is 11.0. The fourth-order valence-electron chi connectivity index (χ4n) is 2.16. The second-order valence-corrected chi connectivity index (χ2v) is 5.71. The van der Waals surface area contributed by atoms with Crippen LogP contribution in [0, 0.1) is 0 Å².